The number of anilines is 1. The van der Waals surface area contributed by atoms with Crippen molar-refractivity contribution < 1.29 is 27.8 Å². The molecule has 2 heterocycles. The first-order valence-corrected chi connectivity index (χ1v) is 8.86. The van der Waals surface area contributed by atoms with Crippen LogP contribution in [0, 0.1) is 0 Å². The Morgan fingerprint density at radius 3 is 2.66 bits per heavy atom. The zero-order valence-corrected chi connectivity index (χ0v) is 16.2. The van der Waals surface area contributed by atoms with Crippen molar-refractivity contribution in [3.05, 3.63) is 41.6 Å². The molecule has 0 saturated carbocycles. The molecule has 2 rings (SSSR count). The molecule has 2 amide bonds. The molecule has 10 heteroatoms. The number of rotatable bonds is 9. The van der Waals surface area contributed by atoms with Crippen LogP contribution in [-0.4, -0.2) is 41.9 Å². The minimum atomic E-state index is -2.62. The molecule has 156 valence electrons. The first-order chi connectivity index (χ1) is 13.8. The molecule has 0 aliphatic rings. The second kappa shape index (κ2) is 10.3. The van der Waals surface area contributed by atoms with Gasteiger partial charge in [0.25, 0.3) is 12.3 Å². The van der Waals surface area contributed by atoms with Crippen LogP contribution in [0.4, 0.5) is 14.6 Å². The summed E-state index contributed by atoms with van der Waals surface area (Å²) in [4.78, 5) is 32.1. The van der Waals surface area contributed by atoms with E-state index in [0.29, 0.717) is 17.5 Å². The predicted octanol–water partition coefficient (Wildman–Crippen LogP) is 2.97. The third-order valence-corrected chi connectivity index (χ3v) is 3.84. The van der Waals surface area contributed by atoms with Crippen molar-refractivity contribution in [1.29, 1.82) is 0 Å². The summed E-state index contributed by atoms with van der Waals surface area (Å²) in [6.45, 7) is 2.65. The Kier molecular flexibility index (Phi) is 7.81. The lowest BCUT2D eigenvalue weighted by atomic mass is 10.1. The summed E-state index contributed by atoms with van der Waals surface area (Å²) < 4.78 is 34.6. The molecule has 1 unspecified atom stereocenters. The van der Waals surface area contributed by atoms with E-state index in [1.54, 1.807) is 19.9 Å². The van der Waals surface area contributed by atoms with Crippen LogP contribution < -0.4 is 20.1 Å². The molecule has 8 nitrogen and oxygen atoms in total. The monoisotopic (exact) mass is 408 g/mol. The van der Waals surface area contributed by atoms with Crippen LogP contribution in [0.2, 0.25) is 0 Å². The van der Waals surface area contributed by atoms with Gasteiger partial charge in [0.2, 0.25) is 17.7 Å². The molecule has 0 radical (unpaired) electrons. The summed E-state index contributed by atoms with van der Waals surface area (Å²) >= 11 is 0. The lowest BCUT2D eigenvalue weighted by Gasteiger charge is -2.17. The summed E-state index contributed by atoms with van der Waals surface area (Å²) in [6.07, 6.45) is -0.908. The Morgan fingerprint density at radius 2 is 2.00 bits per heavy atom. The minimum Gasteiger partial charge on any atom is -0.481 e. The molecule has 0 spiro atoms. The third kappa shape index (κ3) is 6.37. The van der Waals surface area contributed by atoms with Crippen LogP contribution in [0.15, 0.2) is 30.5 Å². The summed E-state index contributed by atoms with van der Waals surface area (Å²) in [6, 6.07) is 5.48. The van der Waals surface area contributed by atoms with Gasteiger partial charge in [-0.3, -0.25) is 9.59 Å². The van der Waals surface area contributed by atoms with E-state index in [4.69, 9.17) is 9.47 Å². The normalized spacial score (nSPS) is 11.7. The first-order valence-electron chi connectivity index (χ1n) is 8.86. The highest BCUT2D eigenvalue weighted by Crippen LogP contribution is 2.26. The van der Waals surface area contributed by atoms with Crippen molar-refractivity contribution in [3.8, 4) is 11.8 Å². The Balaban J connectivity index is 2.11. The van der Waals surface area contributed by atoms with Gasteiger partial charge in [0.05, 0.1) is 13.2 Å². The summed E-state index contributed by atoms with van der Waals surface area (Å²) in [5.41, 5.74) is 0.848. The summed E-state index contributed by atoms with van der Waals surface area (Å²) in [5.74, 6) is -0.192. The first kappa shape index (κ1) is 22.0. The SMILES string of the molecule is CCC(=O)Nc1cc(C(=O)NC(C)c2ccc(OCC(F)F)nc2OC)ccn1. The molecule has 0 aliphatic carbocycles. The van der Waals surface area contributed by atoms with Crippen molar-refractivity contribution in [3.63, 3.8) is 0 Å². The average Bonchev–Trinajstić information content (AvgIpc) is 2.71. The van der Waals surface area contributed by atoms with Gasteiger partial charge in [-0.2, -0.15) is 4.98 Å². The molecule has 2 N–H and O–H groups in total. The number of hydrogen-bond acceptors (Lipinski definition) is 6. The van der Waals surface area contributed by atoms with E-state index in [9.17, 15) is 18.4 Å². The Hall–Kier alpha value is -3.30. The lowest BCUT2D eigenvalue weighted by Crippen LogP contribution is -2.27. The number of amides is 2. The summed E-state index contributed by atoms with van der Waals surface area (Å²) in [5, 5.41) is 5.38. The second-order valence-electron chi connectivity index (χ2n) is 5.98. The highest BCUT2D eigenvalue weighted by Gasteiger charge is 2.18. The van der Waals surface area contributed by atoms with Crippen LogP contribution in [-0.2, 0) is 4.79 Å². The van der Waals surface area contributed by atoms with E-state index in [1.165, 1.54) is 31.5 Å². The number of ether oxygens (including phenoxy) is 2. The van der Waals surface area contributed by atoms with Gasteiger partial charge in [-0.1, -0.05) is 6.92 Å². The van der Waals surface area contributed by atoms with Gasteiger partial charge in [-0.05, 0) is 25.1 Å². The van der Waals surface area contributed by atoms with Gasteiger partial charge in [0.1, 0.15) is 5.82 Å². The number of carbonyl (C=O) groups excluding carboxylic acids is 2. The molecule has 0 bridgehead atoms. The number of alkyl halides is 2. The quantitative estimate of drug-likeness (QED) is 0.661. The van der Waals surface area contributed by atoms with Crippen molar-refractivity contribution in [2.45, 2.75) is 32.7 Å². The molecule has 0 fully saturated rings. The Morgan fingerprint density at radius 1 is 1.24 bits per heavy atom. The largest absolute Gasteiger partial charge is 0.481 e. The average molecular weight is 408 g/mol. The molecule has 29 heavy (non-hydrogen) atoms. The van der Waals surface area contributed by atoms with Crippen molar-refractivity contribution in [2.75, 3.05) is 19.0 Å². The minimum absolute atomic E-state index is 0.00475. The summed E-state index contributed by atoms with van der Waals surface area (Å²) in [7, 11) is 1.38. The zero-order valence-electron chi connectivity index (χ0n) is 16.2. The van der Waals surface area contributed by atoms with Crippen LogP contribution >= 0.6 is 0 Å². The molecule has 0 aromatic carbocycles. The van der Waals surface area contributed by atoms with Crippen LogP contribution in [0.25, 0.3) is 0 Å². The number of methoxy groups -OCH3 is 1. The topological polar surface area (TPSA) is 102 Å². The smallest absolute Gasteiger partial charge is 0.272 e. The van der Waals surface area contributed by atoms with Crippen LogP contribution in [0.1, 0.15) is 42.2 Å². The molecule has 0 aliphatic heterocycles. The maximum Gasteiger partial charge on any atom is 0.272 e. The van der Waals surface area contributed by atoms with Crippen molar-refractivity contribution in [2.24, 2.45) is 0 Å². The van der Waals surface area contributed by atoms with Crippen molar-refractivity contribution >= 4 is 17.6 Å². The van der Waals surface area contributed by atoms with Gasteiger partial charge in [-0.25, -0.2) is 13.8 Å². The fourth-order valence-electron chi connectivity index (χ4n) is 2.39. The van der Waals surface area contributed by atoms with E-state index in [-0.39, 0.29) is 23.5 Å². The standard InChI is InChI=1S/C19H22F2N4O4/c1-4-16(26)24-15-9-12(7-8-22-15)18(27)23-11(2)13-5-6-17(25-19(13)28-3)29-10-14(20)21/h5-9,11,14H,4,10H2,1-3H3,(H,23,27)(H,22,24,26). The maximum absolute atomic E-state index is 12.6. The lowest BCUT2D eigenvalue weighted by molar-refractivity contribution is -0.115. The van der Waals surface area contributed by atoms with E-state index < -0.39 is 25.0 Å². The fourth-order valence-corrected chi connectivity index (χ4v) is 2.39. The maximum atomic E-state index is 12.6. The number of halogens is 2. The fraction of sp³-hybridized carbons (Fsp3) is 0.368. The number of pyridine rings is 2. The van der Waals surface area contributed by atoms with Gasteiger partial charge >= 0.3 is 0 Å². The number of nitrogens with zero attached hydrogens (tertiary/aromatic N) is 2. The highest BCUT2D eigenvalue weighted by molar-refractivity contribution is 5.96. The number of carbonyl (C=O) groups is 2. The van der Waals surface area contributed by atoms with Gasteiger partial charge in [0.15, 0.2) is 6.61 Å². The van der Waals surface area contributed by atoms with Gasteiger partial charge in [0, 0.05) is 29.8 Å². The zero-order chi connectivity index (χ0) is 21.4. The Bertz CT molecular complexity index is 864. The molecule has 2 aromatic rings. The molecular weight excluding hydrogens is 386 g/mol. The third-order valence-electron chi connectivity index (χ3n) is 3.84. The molecule has 0 saturated heterocycles. The molecule has 1 atom stereocenters. The van der Waals surface area contributed by atoms with Crippen LogP contribution in [0.3, 0.4) is 0 Å². The predicted molar refractivity (Wildman–Crippen MR) is 101 cm³/mol. The van der Waals surface area contributed by atoms with Crippen LogP contribution in [0.5, 0.6) is 11.8 Å². The second-order valence-corrected chi connectivity index (χ2v) is 5.98. The highest BCUT2D eigenvalue weighted by atomic mass is 19.3. The van der Waals surface area contributed by atoms with Crippen molar-refractivity contribution in [1.82, 2.24) is 15.3 Å². The molecular formula is C19H22F2N4O4. The van der Waals surface area contributed by atoms with Gasteiger partial charge < -0.3 is 20.1 Å². The number of hydrogen-bond donors (Lipinski definition) is 2. The van der Waals surface area contributed by atoms with Gasteiger partial charge in [-0.15, -0.1) is 0 Å². The number of nitrogens with one attached hydrogen (secondary N) is 2. The van der Waals surface area contributed by atoms with E-state index in [0.717, 1.165) is 0 Å². The van der Waals surface area contributed by atoms with E-state index >= 15 is 0 Å². The van der Waals surface area contributed by atoms with E-state index in [2.05, 4.69) is 20.6 Å². The Labute approximate surface area is 166 Å². The number of aromatic nitrogens is 2. The molecule has 2 aromatic heterocycles. The van der Waals surface area contributed by atoms with E-state index in [1.807, 2.05) is 0 Å².